The van der Waals surface area contributed by atoms with Crippen molar-refractivity contribution in [1.82, 2.24) is 9.80 Å². The van der Waals surface area contributed by atoms with E-state index in [1.54, 1.807) is 33.5 Å². The van der Waals surface area contributed by atoms with Gasteiger partial charge < -0.3 is 18.6 Å². The second-order valence-electron chi connectivity index (χ2n) is 7.66. The second kappa shape index (κ2) is 9.41. The molecule has 7 heteroatoms. The Labute approximate surface area is 181 Å². The van der Waals surface area contributed by atoms with Crippen LogP contribution in [0.4, 0.5) is 0 Å². The van der Waals surface area contributed by atoms with Crippen LogP contribution in [0.15, 0.2) is 51.7 Å². The molecular formula is C24H28N2O5. The topological polar surface area (TPSA) is 64.4 Å². The molecule has 0 saturated carbocycles. The van der Waals surface area contributed by atoms with Crippen molar-refractivity contribution in [2.75, 3.05) is 47.5 Å². The third kappa shape index (κ3) is 4.68. The molecule has 0 spiro atoms. The molecule has 7 nitrogen and oxygen atoms in total. The van der Waals surface area contributed by atoms with Crippen LogP contribution in [0.3, 0.4) is 0 Å². The van der Waals surface area contributed by atoms with E-state index >= 15 is 0 Å². The summed E-state index contributed by atoms with van der Waals surface area (Å²) in [4.78, 5) is 17.0. The number of para-hydroxylation sites is 1. The van der Waals surface area contributed by atoms with Gasteiger partial charge in [0.2, 0.25) is 5.75 Å². The normalized spacial score (nSPS) is 15.2. The van der Waals surface area contributed by atoms with Gasteiger partial charge in [0.1, 0.15) is 11.3 Å². The van der Waals surface area contributed by atoms with E-state index in [9.17, 15) is 4.79 Å². The van der Waals surface area contributed by atoms with E-state index in [1.165, 1.54) is 0 Å². The maximum absolute atomic E-state index is 12.3. The quantitative estimate of drug-likeness (QED) is 0.577. The fourth-order valence-corrected chi connectivity index (χ4v) is 4.04. The number of hydrogen-bond donors (Lipinski definition) is 0. The van der Waals surface area contributed by atoms with E-state index in [1.807, 2.05) is 30.3 Å². The summed E-state index contributed by atoms with van der Waals surface area (Å²) in [5.41, 5.74) is 1.77. The smallest absolute Gasteiger partial charge is 0.203 e. The second-order valence-corrected chi connectivity index (χ2v) is 7.66. The van der Waals surface area contributed by atoms with Crippen LogP contribution in [0, 0.1) is 0 Å². The van der Waals surface area contributed by atoms with Crippen molar-refractivity contribution in [3.05, 3.63) is 64.0 Å². The Morgan fingerprint density at radius 3 is 2.06 bits per heavy atom. The lowest BCUT2D eigenvalue weighted by molar-refractivity contribution is 0.116. The molecule has 2 heterocycles. The summed E-state index contributed by atoms with van der Waals surface area (Å²) < 4.78 is 22.3. The predicted octanol–water partition coefficient (Wildman–Crippen LogP) is 3.14. The highest BCUT2D eigenvalue weighted by molar-refractivity contribution is 5.76. The number of piperazine rings is 1. The first-order valence-electron chi connectivity index (χ1n) is 10.4. The molecule has 0 N–H and O–H groups in total. The first-order valence-corrected chi connectivity index (χ1v) is 10.4. The van der Waals surface area contributed by atoms with Crippen LogP contribution in [0.25, 0.3) is 11.0 Å². The number of ether oxygens (including phenoxy) is 3. The lowest BCUT2D eigenvalue weighted by Crippen LogP contribution is -2.45. The molecule has 0 radical (unpaired) electrons. The van der Waals surface area contributed by atoms with Gasteiger partial charge in [0, 0.05) is 38.8 Å². The minimum Gasteiger partial charge on any atom is -0.493 e. The van der Waals surface area contributed by atoms with Gasteiger partial charge in [0.25, 0.3) is 0 Å². The predicted molar refractivity (Wildman–Crippen MR) is 119 cm³/mol. The zero-order valence-electron chi connectivity index (χ0n) is 18.2. The van der Waals surface area contributed by atoms with E-state index in [-0.39, 0.29) is 5.43 Å². The lowest BCUT2D eigenvalue weighted by Gasteiger charge is -2.34. The Hall–Kier alpha value is -3.03. The summed E-state index contributed by atoms with van der Waals surface area (Å²) in [6, 6.07) is 13.0. The minimum atomic E-state index is 0.0119. The van der Waals surface area contributed by atoms with E-state index in [4.69, 9.17) is 18.6 Å². The van der Waals surface area contributed by atoms with Crippen molar-refractivity contribution in [3.8, 4) is 17.2 Å². The largest absolute Gasteiger partial charge is 0.493 e. The molecule has 1 fully saturated rings. The highest BCUT2D eigenvalue weighted by Gasteiger charge is 2.20. The Morgan fingerprint density at radius 2 is 1.45 bits per heavy atom. The number of rotatable bonds is 7. The number of benzene rings is 2. The van der Waals surface area contributed by atoms with Crippen molar-refractivity contribution in [3.63, 3.8) is 0 Å². The summed E-state index contributed by atoms with van der Waals surface area (Å²) in [6.07, 6.45) is 0. The zero-order chi connectivity index (χ0) is 21.8. The van der Waals surface area contributed by atoms with Crippen LogP contribution in [0.2, 0.25) is 0 Å². The SMILES string of the molecule is COc1cc(CN2CCN(Cc3cc(=O)c4ccccc4o3)CC2)cc(OC)c1OC. The molecule has 2 aromatic carbocycles. The highest BCUT2D eigenvalue weighted by Crippen LogP contribution is 2.38. The van der Waals surface area contributed by atoms with Gasteiger partial charge in [-0.25, -0.2) is 0 Å². The van der Waals surface area contributed by atoms with Crippen molar-refractivity contribution >= 4 is 11.0 Å². The third-order valence-corrected chi connectivity index (χ3v) is 5.66. The van der Waals surface area contributed by atoms with E-state index < -0.39 is 0 Å². The Bertz CT molecular complexity index is 1080. The molecule has 1 aliphatic heterocycles. The summed E-state index contributed by atoms with van der Waals surface area (Å²) in [7, 11) is 4.87. The summed E-state index contributed by atoms with van der Waals surface area (Å²) >= 11 is 0. The van der Waals surface area contributed by atoms with Gasteiger partial charge in [0.15, 0.2) is 16.9 Å². The van der Waals surface area contributed by atoms with Gasteiger partial charge in [-0.15, -0.1) is 0 Å². The molecule has 0 aliphatic carbocycles. The molecule has 1 saturated heterocycles. The number of nitrogens with zero attached hydrogens (tertiary/aromatic N) is 2. The molecule has 1 aromatic heterocycles. The van der Waals surface area contributed by atoms with E-state index in [0.29, 0.717) is 40.5 Å². The van der Waals surface area contributed by atoms with E-state index in [0.717, 1.165) is 38.3 Å². The monoisotopic (exact) mass is 424 g/mol. The van der Waals surface area contributed by atoms with Crippen LogP contribution < -0.4 is 19.6 Å². The Kier molecular flexibility index (Phi) is 6.44. The summed E-state index contributed by atoms with van der Waals surface area (Å²) in [5.74, 6) is 2.65. The minimum absolute atomic E-state index is 0.0119. The molecule has 0 amide bonds. The molecular weight excluding hydrogens is 396 g/mol. The molecule has 164 valence electrons. The molecule has 0 atom stereocenters. The van der Waals surface area contributed by atoms with Gasteiger partial charge in [-0.3, -0.25) is 14.6 Å². The van der Waals surface area contributed by atoms with E-state index in [2.05, 4.69) is 9.80 Å². The molecule has 31 heavy (non-hydrogen) atoms. The van der Waals surface area contributed by atoms with Gasteiger partial charge in [-0.05, 0) is 29.8 Å². The zero-order valence-corrected chi connectivity index (χ0v) is 18.2. The summed E-state index contributed by atoms with van der Waals surface area (Å²) in [6.45, 7) is 5.10. The average molecular weight is 424 g/mol. The van der Waals surface area contributed by atoms with Gasteiger partial charge in [-0.1, -0.05) is 12.1 Å². The molecule has 0 unspecified atom stereocenters. The third-order valence-electron chi connectivity index (χ3n) is 5.66. The fraction of sp³-hybridized carbons (Fsp3) is 0.375. The summed E-state index contributed by atoms with van der Waals surface area (Å²) in [5, 5.41) is 0.626. The van der Waals surface area contributed by atoms with Crippen LogP contribution in [-0.4, -0.2) is 57.3 Å². The maximum Gasteiger partial charge on any atom is 0.203 e. The van der Waals surface area contributed by atoms with Crippen molar-refractivity contribution in [1.29, 1.82) is 0 Å². The van der Waals surface area contributed by atoms with Crippen molar-refractivity contribution < 1.29 is 18.6 Å². The van der Waals surface area contributed by atoms with Crippen LogP contribution in [-0.2, 0) is 13.1 Å². The standard InChI is InChI=1S/C24H28N2O5/c1-28-22-12-17(13-23(29-2)24(22)30-3)15-25-8-10-26(11-9-25)16-18-14-20(27)19-6-4-5-7-21(19)31-18/h4-7,12-14H,8-11,15-16H2,1-3H3. The number of methoxy groups -OCH3 is 3. The maximum atomic E-state index is 12.3. The first-order chi connectivity index (χ1) is 15.1. The fourth-order valence-electron chi connectivity index (χ4n) is 4.04. The molecule has 1 aliphatic rings. The first kappa shape index (κ1) is 21.2. The molecule has 4 rings (SSSR count). The number of fused-ring (bicyclic) bond motifs is 1. The van der Waals surface area contributed by atoms with Crippen LogP contribution in [0.5, 0.6) is 17.2 Å². The van der Waals surface area contributed by atoms with Crippen LogP contribution >= 0.6 is 0 Å². The van der Waals surface area contributed by atoms with Crippen molar-refractivity contribution in [2.24, 2.45) is 0 Å². The average Bonchev–Trinajstić information content (AvgIpc) is 2.79. The van der Waals surface area contributed by atoms with Gasteiger partial charge in [-0.2, -0.15) is 0 Å². The molecule has 0 bridgehead atoms. The highest BCUT2D eigenvalue weighted by atomic mass is 16.5. The Morgan fingerprint density at radius 1 is 0.839 bits per heavy atom. The van der Waals surface area contributed by atoms with Crippen molar-refractivity contribution in [2.45, 2.75) is 13.1 Å². The lowest BCUT2D eigenvalue weighted by atomic mass is 10.1. The van der Waals surface area contributed by atoms with Gasteiger partial charge in [0.05, 0.1) is 33.3 Å². The van der Waals surface area contributed by atoms with Crippen LogP contribution in [0.1, 0.15) is 11.3 Å². The van der Waals surface area contributed by atoms with Gasteiger partial charge >= 0.3 is 0 Å². The molecule has 3 aromatic rings. The Balaban J connectivity index is 1.39. The number of hydrogen-bond acceptors (Lipinski definition) is 7.